The number of carboxylic acids is 1. The molecule has 0 saturated heterocycles. The van der Waals surface area contributed by atoms with Crippen molar-refractivity contribution >= 4 is 5.97 Å². The topological polar surface area (TPSA) is 74.2 Å². The summed E-state index contributed by atoms with van der Waals surface area (Å²) in [6, 6.07) is 0. The van der Waals surface area contributed by atoms with Crippen LogP contribution in [-0.4, -0.2) is 50.4 Å². The van der Waals surface area contributed by atoms with E-state index in [0.717, 1.165) is 68.0 Å². The number of aryl methyl sites for hydroxylation is 2. The highest BCUT2D eigenvalue weighted by Gasteiger charge is 2.25. The first-order valence-corrected chi connectivity index (χ1v) is 8.36. The Kier molecular flexibility index (Phi) is 4.52. The van der Waals surface area contributed by atoms with Crippen LogP contribution in [0.4, 0.5) is 0 Å². The van der Waals surface area contributed by atoms with Gasteiger partial charge in [0.1, 0.15) is 0 Å². The van der Waals surface area contributed by atoms with Crippen LogP contribution in [0.25, 0.3) is 11.3 Å². The maximum atomic E-state index is 11.5. The maximum absolute atomic E-state index is 11.5. The van der Waals surface area contributed by atoms with Gasteiger partial charge in [0, 0.05) is 30.2 Å². The molecular formula is C17H24N4O2. The number of nitrogens with one attached hydrogen (secondary N) is 1. The van der Waals surface area contributed by atoms with Gasteiger partial charge in [0.2, 0.25) is 0 Å². The number of fused-ring (bicyclic) bond motifs is 3. The molecule has 0 aliphatic heterocycles. The van der Waals surface area contributed by atoms with Crippen molar-refractivity contribution in [3.8, 4) is 11.3 Å². The molecular weight excluding hydrogens is 292 g/mol. The third-order valence-electron chi connectivity index (χ3n) is 4.68. The minimum atomic E-state index is -0.895. The average Bonchev–Trinajstić information content (AvgIpc) is 3.09. The highest BCUT2D eigenvalue weighted by Crippen LogP contribution is 2.33. The molecule has 23 heavy (non-hydrogen) atoms. The van der Waals surface area contributed by atoms with Gasteiger partial charge in [0.05, 0.1) is 17.8 Å². The van der Waals surface area contributed by atoms with Gasteiger partial charge in [-0.15, -0.1) is 0 Å². The van der Waals surface area contributed by atoms with E-state index < -0.39 is 5.97 Å². The zero-order valence-corrected chi connectivity index (χ0v) is 13.8. The van der Waals surface area contributed by atoms with E-state index in [1.807, 2.05) is 4.68 Å². The molecule has 2 N–H and O–H groups in total. The van der Waals surface area contributed by atoms with Gasteiger partial charge >= 0.3 is 5.97 Å². The summed E-state index contributed by atoms with van der Waals surface area (Å²) in [6.45, 7) is 8.17. The zero-order valence-electron chi connectivity index (χ0n) is 13.8. The van der Waals surface area contributed by atoms with E-state index in [9.17, 15) is 9.90 Å². The molecule has 2 heterocycles. The smallest absolute Gasteiger partial charge is 0.337 e. The van der Waals surface area contributed by atoms with Crippen LogP contribution < -0.4 is 0 Å². The van der Waals surface area contributed by atoms with Crippen molar-refractivity contribution in [3.05, 3.63) is 29.2 Å². The Balaban J connectivity index is 1.91. The molecule has 6 nitrogen and oxygen atoms in total. The van der Waals surface area contributed by atoms with Gasteiger partial charge in [-0.1, -0.05) is 13.8 Å². The van der Waals surface area contributed by atoms with Crippen molar-refractivity contribution < 1.29 is 9.90 Å². The second-order valence-electron chi connectivity index (χ2n) is 6.01. The summed E-state index contributed by atoms with van der Waals surface area (Å²) in [6.07, 6.45) is 6.52. The van der Waals surface area contributed by atoms with E-state index in [0.29, 0.717) is 5.56 Å². The second-order valence-corrected chi connectivity index (χ2v) is 6.01. The van der Waals surface area contributed by atoms with E-state index in [4.69, 9.17) is 5.10 Å². The van der Waals surface area contributed by atoms with Crippen LogP contribution in [0.3, 0.4) is 0 Å². The first kappa shape index (κ1) is 15.8. The Morgan fingerprint density at radius 1 is 1.39 bits per heavy atom. The number of aromatic carboxylic acids is 1. The highest BCUT2D eigenvalue weighted by atomic mass is 16.4. The summed E-state index contributed by atoms with van der Waals surface area (Å²) < 4.78 is 1.97. The van der Waals surface area contributed by atoms with Crippen LogP contribution in [0.5, 0.6) is 0 Å². The number of rotatable bonds is 6. The molecule has 3 rings (SSSR count). The molecule has 0 bridgehead atoms. The molecule has 2 aromatic heterocycles. The molecule has 0 spiro atoms. The lowest BCUT2D eigenvalue weighted by atomic mass is 10.1. The number of aromatic amines is 1. The van der Waals surface area contributed by atoms with Crippen molar-refractivity contribution in [2.75, 3.05) is 19.6 Å². The number of likely N-dealkylation sites (N-methyl/N-ethyl adjacent to an activating group) is 1. The summed E-state index contributed by atoms with van der Waals surface area (Å²) in [4.78, 5) is 17.0. The molecule has 0 radical (unpaired) electrons. The molecule has 1 aliphatic rings. The van der Waals surface area contributed by atoms with Crippen molar-refractivity contribution in [2.45, 2.75) is 39.7 Å². The maximum Gasteiger partial charge on any atom is 0.337 e. The predicted octanol–water partition coefficient (Wildman–Crippen LogP) is 2.41. The Morgan fingerprint density at radius 3 is 2.87 bits per heavy atom. The van der Waals surface area contributed by atoms with Crippen LogP contribution in [0.15, 0.2) is 12.4 Å². The minimum Gasteiger partial charge on any atom is -0.478 e. The lowest BCUT2D eigenvalue weighted by Gasteiger charge is -2.17. The normalized spacial score (nSPS) is 13.7. The number of carbonyl (C=O) groups is 1. The number of hydrogen-bond acceptors (Lipinski definition) is 3. The molecule has 1 aliphatic carbocycles. The number of aromatic nitrogens is 3. The van der Waals surface area contributed by atoms with Gasteiger partial charge in [-0.3, -0.25) is 4.68 Å². The molecule has 124 valence electrons. The third-order valence-corrected chi connectivity index (χ3v) is 4.68. The Morgan fingerprint density at radius 2 is 2.17 bits per heavy atom. The van der Waals surface area contributed by atoms with E-state index in [-0.39, 0.29) is 0 Å². The van der Waals surface area contributed by atoms with Gasteiger partial charge in [-0.2, -0.15) is 5.10 Å². The lowest BCUT2D eigenvalue weighted by Crippen LogP contribution is -2.27. The van der Waals surface area contributed by atoms with E-state index >= 15 is 0 Å². The molecule has 2 aromatic rings. The number of hydrogen-bond donors (Lipinski definition) is 2. The summed E-state index contributed by atoms with van der Waals surface area (Å²) in [5.74, 6) is -0.895. The van der Waals surface area contributed by atoms with Crippen LogP contribution >= 0.6 is 0 Å². The van der Waals surface area contributed by atoms with Gasteiger partial charge in [-0.25, -0.2) is 4.79 Å². The summed E-state index contributed by atoms with van der Waals surface area (Å²) in [5, 5.41) is 14.1. The second kappa shape index (κ2) is 6.58. The first-order valence-electron chi connectivity index (χ1n) is 8.36. The monoisotopic (exact) mass is 316 g/mol. The van der Waals surface area contributed by atoms with Crippen LogP contribution in [0, 0.1) is 0 Å². The van der Waals surface area contributed by atoms with Gasteiger partial charge < -0.3 is 15.0 Å². The van der Waals surface area contributed by atoms with Gasteiger partial charge in [0.25, 0.3) is 0 Å². The van der Waals surface area contributed by atoms with Gasteiger partial charge in [0.15, 0.2) is 0 Å². The van der Waals surface area contributed by atoms with Crippen molar-refractivity contribution in [1.29, 1.82) is 0 Å². The quantitative estimate of drug-likeness (QED) is 0.858. The first-order chi connectivity index (χ1) is 11.1. The lowest BCUT2D eigenvalue weighted by molar-refractivity contribution is 0.0698. The standard InChI is InChI=1S/C17H24N4O2/c1-3-20(4-2)8-9-21-11-12-6-5-7-14-15(16(12)19-21)13(10-18-14)17(22)23/h10-11,18H,3-9H2,1-2H3,(H,22,23). The Bertz CT molecular complexity index is 698. The van der Waals surface area contributed by atoms with Crippen molar-refractivity contribution in [3.63, 3.8) is 0 Å². The summed E-state index contributed by atoms with van der Waals surface area (Å²) in [5.41, 5.74) is 4.11. The Labute approximate surface area is 136 Å². The SMILES string of the molecule is CCN(CC)CCn1cc2c(n1)-c1c(C(=O)O)c[nH]c1CCC2. The van der Waals surface area contributed by atoms with Crippen LogP contribution in [-0.2, 0) is 19.4 Å². The van der Waals surface area contributed by atoms with Crippen molar-refractivity contribution in [2.24, 2.45) is 0 Å². The van der Waals surface area contributed by atoms with Crippen LogP contribution in [0.2, 0.25) is 0 Å². The van der Waals surface area contributed by atoms with E-state index in [1.165, 1.54) is 0 Å². The molecule has 0 unspecified atom stereocenters. The summed E-state index contributed by atoms with van der Waals surface area (Å²) >= 11 is 0. The average molecular weight is 316 g/mol. The predicted molar refractivity (Wildman–Crippen MR) is 88.8 cm³/mol. The molecule has 0 saturated carbocycles. The molecule has 0 atom stereocenters. The minimum absolute atomic E-state index is 0.331. The number of nitrogens with zero attached hydrogens (tertiary/aromatic N) is 3. The molecule has 6 heteroatoms. The number of H-pyrrole nitrogens is 1. The Hall–Kier alpha value is -2.08. The van der Waals surface area contributed by atoms with Crippen LogP contribution in [0.1, 0.15) is 41.9 Å². The van der Waals surface area contributed by atoms with Gasteiger partial charge in [-0.05, 0) is 37.9 Å². The van der Waals surface area contributed by atoms with Crippen molar-refractivity contribution in [1.82, 2.24) is 19.7 Å². The van der Waals surface area contributed by atoms with E-state index in [2.05, 4.69) is 29.9 Å². The zero-order chi connectivity index (χ0) is 16.4. The molecule has 0 aromatic carbocycles. The largest absolute Gasteiger partial charge is 0.478 e. The fourth-order valence-electron chi connectivity index (χ4n) is 3.31. The van der Waals surface area contributed by atoms with E-state index in [1.54, 1.807) is 6.20 Å². The fourth-order valence-corrected chi connectivity index (χ4v) is 3.31. The fraction of sp³-hybridized carbons (Fsp3) is 0.529. The molecule has 0 fully saturated rings. The highest BCUT2D eigenvalue weighted by molar-refractivity contribution is 5.96. The summed E-state index contributed by atoms with van der Waals surface area (Å²) in [7, 11) is 0. The third kappa shape index (κ3) is 3.03. The molecule has 0 amide bonds. The number of carboxylic acid groups (broad SMARTS) is 1.